The minimum Gasteiger partial charge on any atom is -0.398 e. The Bertz CT molecular complexity index is 604. The Kier molecular flexibility index (Phi) is 2.95. The average molecular weight is 273 g/mol. The number of aromatic amines is 1. The Hall–Kier alpha value is -1.73. The average Bonchev–Trinajstić information content (AvgIpc) is 2.68. The fourth-order valence-electron chi connectivity index (χ4n) is 1.32. The number of hydrogen-bond donors (Lipinski definition) is 3. The van der Waals surface area contributed by atoms with Crippen LogP contribution in [0.25, 0.3) is 0 Å². The molecule has 6 nitrogen and oxygen atoms in total. The molecule has 1 aromatic heterocycles. The van der Waals surface area contributed by atoms with E-state index < -0.39 is 10.0 Å². The minimum atomic E-state index is -3.82. The van der Waals surface area contributed by atoms with E-state index in [2.05, 4.69) is 14.9 Å². The van der Waals surface area contributed by atoms with Crippen molar-refractivity contribution in [2.75, 3.05) is 10.5 Å². The molecule has 0 saturated heterocycles. The van der Waals surface area contributed by atoms with Crippen molar-refractivity contribution in [3.63, 3.8) is 0 Å². The molecular weight excluding hydrogens is 264 g/mol. The van der Waals surface area contributed by atoms with Gasteiger partial charge in [-0.15, -0.1) is 0 Å². The number of nitrogen functional groups attached to an aromatic ring is 1. The van der Waals surface area contributed by atoms with Crippen molar-refractivity contribution in [3.8, 4) is 0 Å². The summed E-state index contributed by atoms with van der Waals surface area (Å²) in [4.78, 5) is -0.142. The molecule has 0 aliphatic heterocycles. The molecule has 0 radical (unpaired) electrons. The summed E-state index contributed by atoms with van der Waals surface area (Å²) < 4.78 is 26.3. The number of nitrogens with two attached hydrogens (primary N) is 1. The summed E-state index contributed by atoms with van der Waals surface area (Å²) in [7, 11) is -3.82. The van der Waals surface area contributed by atoms with Crippen molar-refractivity contribution in [1.82, 2.24) is 10.2 Å². The Morgan fingerprint density at radius 3 is 2.71 bits per heavy atom. The number of hydrogen-bond acceptors (Lipinski definition) is 4. The molecule has 2 aromatic rings. The van der Waals surface area contributed by atoms with Gasteiger partial charge in [-0.2, -0.15) is 5.10 Å². The molecule has 17 heavy (non-hydrogen) atoms. The molecule has 0 fully saturated rings. The lowest BCUT2D eigenvalue weighted by Crippen LogP contribution is -2.15. The molecule has 0 spiro atoms. The van der Waals surface area contributed by atoms with Crippen molar-refractivity contribution >= 4 is 33.1 Å². The summed E-state index contributed by atoms with van der Waals surface area (Å²) in [5.74, 6) is 0.240. The van der Waals surface area contributed by atoms with Crippen LogP contribution in [0.2, 0.25) is 5.02 Å². The molecule has 0 atom stereocenters. The fourth-order valence-corrected chi connectivity index (χ4v) is 3.01. The van der Waals surface area contributed by atoms with Crippen LogP contribution in [-0.2, 0) is 10.0 Å². The molecule has 2 rings (SSSR count). The van der Waals surface area contributed by atoms with Crippen LogP contribution in [0.3, 0.4) is 0 Å². The minimum absolute atomic E-state index is 0.0667. The van der Waals surface area contributed by atoms with Gasteiger partial charge in [0.25, 0.3) is 10.0 Å². The number of halogens is 1. The molecule has 1 aromatic carbocycles. The van der Waals surface area contributed by atoms with Crippen LogP contribution in [-0.4, -0.2) is 18.6 Å². The molecule has 0 aliphatic carbocycles. The first kappa shape index (κ1) is 11.7. The van der Waals surface area contributed by atoms with Crippen molar-refractivity contribution in [3.05, 3.63) is 35.5 Å². The standard InChI is InChI=1S/C9H9ClN4O2S/c10-6-2-1-3-7(11)9(6)17(15,16)14-8-4-5-12-13-8/h1-5H,11H2,(H2,12,13,14). The smallest absolute Gasteiger partial charge is 0.266 e. The quantitative estimate of drug-likeness (QED) is 0.736. The third-order valence-corrected chi connectivity index (χ3v) is 3.92. The summed E-state index contributed by atoms with van der Waals surface area (Å²) >= 11 is 5.83. The number of benzene rings is 1. The summed E-state index contributed by atoms with van der Waals surface area (Å²) in [6, 6.07) is 5.98. The molecule has 4 N–H and O–H groups in total. The van der Waals surface area contributed by atoms with Crippen molar-refractivity contribution in [2.24, 2.45) is 0 Å². The van der Waals surface area contributed by atoms with Gasteiger partial charge in [0.05, 0.1) is 16.9 Å². The summed E-state index contributed by atoms with van der Waals surface area (Å²) in [6.45, 7) is 0. The normalized spacial score (nSPS) is 11.4. The Morgan fingerprint density at radius 1 is 1.35 bits per heavy atom. The third kappa shape index (κ3) is 2.34. The van der Waals surface area contributed by atoms with E-state index in [-0.39, 0.29) is 21.4 Å². The van der Waals surface area contributed by atoms with Crippen molar-refractivity contribution < 1.29 is 8.42 Å². The van der Waals surface area contributed by atoms with E-state index in [1.54, 1.807) is 6.07 Å². The van der Waals surface area contributed by atoms with E-state index in [4.69, 9.17) is 17.3 Å². The maximum atomic E-state index is 12.0. The molecule has 0 saturated carbocycles. The second-order valence-corrected chi connectivity index (χ2v) is 5.26. The molecule has 0 amide bonds. The van der Waals surface area contributed by atoms with E-state index in [9.17, 15) is 8.42 Å². The molecule has 90 valence electrons. The number of H-pyrrole nitrogens is 1. The van der Waals surface area contributed by atoms with Crippen LogP contribution in [0.4, 0.5) is 11.5 Å². The maximum Gasteiger partial charge on any atom is 0.266 e. The lowest BCUT2D eigenvalue weighted by molar-refractivity contribution is 0.601. The Morgan fingerprint density at radius 2 is 2.12 bits per heavy atom. The van der Waals surface area contributed by atoms with Gasteiger partial charge in [0.15, 0.2) is 0 Å². The van der Waals surface area contributed by atoms with Crippen LogP contribution in [0.15, 0.2) is 35.4 Å². The Balaban J connectivity index is 2.45. The predicted octanol–water partition coefficient (Wildman–Crippen LogP) is 1.45. The molecule has 0 unspecified atom stereocenters. The number of nitrogens with zero attached hydrogens (tertiary/aromatic N) is 1. The number of aromatic nitrogens is 2. The SMILES string of the molecule is Nc1cccc(Cl)c1S(=O)(=O)Nc1ccn[nH]1. The summed E-state index contributed by atoms with van der Waals surface area (Å²) in [5.41, 5.74) is 5.69. The van der Waals surface area contributed by atoms with Gasteiger partial charge in [-0.25, -0.2) is 8.42 Å². The number of rotatable bonds is 3. The molecule has 0 bridgehead atoms. The van der Waals surface area contributed by atoms with E-state index in [0.717, 1.165) is 0 Å². The topological polar surface area (TPSA) is 101 Å². The van der Waals surface area contributed by atoms with Gasteiger partial charge in [0.1, 0.15) is 10.7 Å². The van der Waals surface area contributed by atoms with E-state index in [1.807, 2.05) is 0 Å². The zero-order valence-electron chi connectivity index (χ0n) is 8.51. The highest BCUT2D eigenvalue weighted by Gasteiger charge is 2.21. The zero-order valence-corrected chi connectivity index (χ0v) is 10.1. The first-order valence-corrected chi connectivity index (χ1v) is 6.43. The van der Waals surface area contributed by atoms with Crippen LogP contribution >= 0.6 is 11.6 Å². The first-order chi connectivity index (χ1) is 8.00. The van der Waals surface area contributed by atoms with Crippen molar-refractivity contribution in [1.29, 1.82) is 0 Å². The van der Waals surface area contributed by atoms with E-state index in [0.29, 0.717) is 0 Å². The lowest BCUT2D eigenvalue weighted by Gasteiger charge is -2.09. The maximum absolute atomic E-state index is 12.0. The van der Waals surface area contributed by atoms with Crippen LogP contribution < -0.4 is 10.5 Å². The van der Waals surface area contributed by atoms with Gasteiger partial charge >= 0.3 is 0 Å². The van der Waals surface area contributed by atoms with E-state index >= 15 is 0 Å². The molecular formula is C9H9ClN4O2S. The van der Waals surface area contributed by atoms with Crippen molar-refractivity contribution in [2.45, 2.75) is 4.90 Å². The molecule has 8 heteroatoms. The predicted molar refractivity (Wildman–Crippen MR) is 65.3 cm³/mol. The number of nitrogens with one attached hydrogen (secondary N) is 2. The van der Waals surface area contributed by atoms with Crippen LogP contribution in [0, 0.1) is 0 Å². The summed E-state index contributed by atoms with van der Waals surface area (Å²) in [6.07, 6.45) is 1.42. The number of anilines is 2. The second-order valence-electron chi connectivity index (χ2n) is 3.23. The largest absolute Gasteiger partial charge is 0.398 e. The van der Waals surface area contributed by atoms with Gasteiger partial charge < -0.3 is 5.73 Å². The monoisotopic (exact) mass is 272 g/mol. The highest BCUT2D eigenvalue weighted by atomic mass is 35.5. The molecule has 1 heterocycles. The lowest BCUT2D eigenvalue weighted by atomic mass is 10.3. The van der Waals surface area contributed by atoms with Gasteiger partial charge in [-0.3, -0.25) is 9.82 Å². The van der Waals surface area contributed by atoms with Crippen LogP contribution in [0.1, 0.15) is 0 Å². The highest BCUT2D eigenvalue weighted by Crippen LogP contribution is 2.28. The fraction of sp³-hybridized carbons (Fsp3) is 0. The van der Waals surface area contributed by atoms with Gasteiger partial charge in [-0.1, -0.05) is 17.7 Å². The van der Waals surface area contributed by atoms with Crippen LogP contribution in [0.5, 0.6) is 0 Å². The third-order valence-electron chi connectivity index (χ3n) is 2.01. The number of sulfonamides is 1. The second kappa shape index (κ2) is 4.27. The first-order valence-electron chi connectivity index (χ1n) is 4.57. The van der Waals surface area contributed by atoms with Gasteiger partial charge in [-0.05, 0) is 12.1 Å². The zero-order chi connectivity index (χ0) is 12.5. The summed E-state index contributed by atoms with van der Waals surface area (Å²) in [5, 5.41) is 6.17. The van der Waals surface area contributed by atoms with E-state index in [1.165, 1.54) is 24.4 Å². The van der Waals surface area contributed by atoms with Gasteiger partial charge in [0, 0.05) is 6.07 Å². The highest BCUT2D eigenvalue weighted by molar-refractivity contribution is 7.93. The van der Waals surface area contributed by atoms with Gasteiger partial charge in [0.2, 0.25) is 0 Å². The Labute approximate surface area is 103 Å². The molecule has 0 aliphatic rings.